The van der Waals surface area contributed by atoms with Gasteiger partial charge in [0.05, 0.1) is 23.6 Å². The van der Waals surface area contributed by atoms with Gasteiger partial charge in [-0.25, -0.2) is 0 Å². The van der Waals surface area contributed by atoms with Gasteiger partial charge < -0.3 is 14.5 Å². The summed E-state index contributed by atoms with van der Waals surface area (Å²) >= 11 is 0. The minimum absolute atomic E-state index is 0.0974. The van der Waals surface area contributed by atoms with Crippen LogP contribution >= 0.6 is 0 Å². The summed E-state index contributed by atoms with van der Waals surface area (Å²) in [6, 6.07) is 12.2. The SMILES string of the molecule is CCOc1ccc(C2NC(=O)c3oc4ccc(C)cc4c(=O)c32)cc1. The van der Waals surface area contributed by atoms with Crippen molar-refractivity contribution in [2.45, 2.75) is 19.9 Å². The van der Waals surface area contributed by atoms with E-state index in [4.69, 9.17) is 9.15 Å². The van der Waals surface area contributed by atoms with E-state index in [2.05, 4.69) is 5.32 Å². The monoisotopic (exact) mass is 335 g/mol. The van der Waals surface area contributed by atoms with Crippen molar-refractivity contribution < 1.29 is 13.9 Å². The maximum absolute atomic E-state index is 13.0. The Hall–Kier alpha value is -3.08. The Morgan fingerprint density at radius 1 is 1.12 bits per heavy atom. The molecule has 1 atom stereocenters. The summed E-state index contributed by atoms with van der Waals surface area (Å²) in [5.74, 6) is 0.477. The Morgan fingerprint density at radius 3 is 2.60 bits per heavy atom. The fourth-order valence-electron chi connectivity index (χ4n) is 3.20. The predicted molar refractivity (Wildman–Crippen MR) is 94.1 cm³/mol. The van der Waals surface area contributed by atoms with Gasteiger partial charge in [-0.1, -0.05) is 23.8 Å². The lowest BCUT2D eigenvalue weighted by atomic mass is 9.99. The number of amides is 1. The van der Waals surface area contributed by atoms with Crippen molar-refractivity contribution in [3.05, 3.63) is 75.1 Å². The van der Waals surface area contributed by atoms with E-state index in [1.165, 1.54) is 0 Å². The van der Waals surface area contributed by atoms with Crippen molar-refractivity contribution >= 4 is 16.9 Å². The average molecular weight is 335 g/mol. The molecule has 1 aliphatic heterocycles. The molecule has 2 aromatic carbocycles. The zero-order valence-corrected chi connectivity index (χ0v) is 14.0. The van der Waals surface area contributed by atoms with E-state index in [1.807, 2.05) is 44.2 Å². The molecule has 0 aliphatic carbocycles. The molecule has 1 aromatic heterocycles. The molecule has 2 heterocycles. The quantitative estimate of drug-likeness (QED) is 0.797. The number of rotatable bonds is 3. The lowest BCUT2D eigenvalue weighted by Gasteiger charge is -2.12. The van der Waals surface area contributed by atoms with E-state index in [-0.39, 0.29) is 17.1 Å². The maximum atomic E-state index is 13.0. The first-order chi connectivity index (χ1) is 12.1. The summed E-state index contributed by atoms with van der Waals surface area (Å²) in [5.41, 5.74) is 2.41. The molecule has 0 fully saturated rings. The van der Waals surface area contributed by atoms with Gasteiger partial charge in [-0.15, -0.1) is 0 Å². The molecular formula is C20H17NO4. The highest BCUT2D eigenvalue weighted by Crippen LogP contribution is 2.31. The van der Waals surface area contributed by atoms with Crippen LogP contribution in [0.25, 0.3) is 11.0 Å². The lowest BCUT2D eigenvalue weighted by Crippen LogP contribution is -2.21. The molecule has 1 N–H and O–H groups in total. The fraction of sp³-hybridized carbons (Fsp3) is 0.200. The van der Waals surface area contributed by atoms with Crippen LogP contribution in [0.15, 0.2) is 51.7 Å². The number of ether oxygens (including phenoxy) is 1. The summed E-state index contributed by atoms with van der Waals surface area (Å²) in [5, 5.41) is 3.34. The van der Waals surface area contributed by atoms with Crippen LogP contribution in [0, 0.1) is 6.92 Å². The van der Waals surface area contributed by atoms with Crippen molar-refractivity contribution in [3.63, 3.8) is 0 Å². The topological polar surface area (TPSA) is 68.5 Å². The van der Waals surface area contributed by atoms with E-state index >= 15 is 0 Å². The zero-order chi connectivity index (χ0) is 17.6. The highest BCUT2D eigenvalue weighted by molar-refractivity contribution is 5.99. The Balaban J connectivity index is 1.87. The first-order valence-electron chi connectivity index (χ1n) is 8.19. The van der Waals surface area contributed by atoms with Gasteiger partial charge in [0.25, 0.3) is 5.91 Å². The fourth-order valence-corrected chi connectivity index (χ4v) is 3.20. The summed E-state index contributed by atoms with van der Waals surface area (Å²) in [4.78, 5) is 25.3. The number of benzene rings is 2. The first kappa shape index (κ1) is 15.4. The second kappa shape index (κ2) is 5.77. The third-order valence-electron chi connectivity index (χ3n) is 4.38. The van der Waals surface area contributed by atoms with E-state index in [1.54, 1.807) is 12.1 Å². The summed E-state index contributed by atoms with van der Waals surface area (Å²) in [6.07, 6.45) is 0. The van der Waals surface area contributed by atoms with E-state index in [0.717, 1.165) is 16.9 Å². The number of aryl methyl sites for hydroxylation is 1. The second-order valence-corrected chi connectivity index (χ2v) is 6.08. The van der Waals surface area contributed by atoms with Gasteiger partial charge in [-0.2, -0.15) is 0 Å². The Bertz CT molecular complexity index is 1030. The molecule has 0 saturated heterocycles. The Morgan fingerprint density at radius 2 is 1.88 bits per heavy atom. The first-order valence-corrected chi connectivity index (χ1v) is 8.19. The minimum Gasteiger partial charge on any atom is -0.494 e. The number of carbonyl (C=O) groups is 1. The van der Waals surface area contributed by atoms with Crippen LogP contribution in [-0.2, 0) is 0 Å². The summed E-state index contributed by atoms with van der Waals surface area (Å²) in [6.45, 7) is 4.41. The molecule has 126 valence electrons. The zero-order valence-electron chi connectivity index (χ0n) is 14.0. The lowest BCUT2D eigenvalue weighted by molar-refractivity contribution is 0.0938. The standard InChI is InChI=1S/C20H17NO4/c1-3-24-13-7-5-12(6-8-13)17-16-18(22)14-10-11(2)4-9-15(14)25-19(16)20(23)21-17/h4-10,17H,3H2,1-2H3,(H,21,23). The normalized spacial score (nSPS) is 15.9. The van der Waals surface area contributed by atoms with Gasteiger partial charge in [0.2, 0.25) is 5.76 Å². The molecule has 5 heteroatoms. The average Bonchev–Trinajstić information content (AvgIpc) is 2.94. The Labute approximate surface area is 144 Å². The van der Waals surface area contributed by atoms with E-state index in [0.29, 0.717) is 23.1 Å². The molecule has 0 saturated carbocycles. The second-order valence-electron chi connectivity index (χ2n) is 6.08. The molecule has 5 nitrogen and oxygen atoms in total. The van der Waals surface area contributed by atoms with Crippen molar-refractivity contribution in [1.82, 2.24) is 5.32 Å². The molecule has 1 unspecified atom stereocenters. The molecule has 0 bridgehead atoms. The molecule has 1 aliphatic rings. The number of hydrogen-bond acceptors (Lipinski definition) is 4. The molecular weight excluding hydrogens is 318 g/mol. The van der Waals surface area contributed by atoms with Crippen molar-refractivity contribution in [1.29, 1.82) is 0 Å². The molecule has 4 rings (SSSR count). The van der Waals surface area contributed by atoms with Crippen LogP contribution < -0.4 is 15.5 Å². The highest BCUT2D eigenvalue weighted by Gasteiger charge is 2.35. The molecule has 0 spiro atoms. The largest absolute Gasteiger partial charge is 0.494 e. The van der Waals surface area contributed by atoms with Crippen LogP contribution in [-0.4, -0.2) is 12.5 Å². The Kier molecular flexibility index (Phi) is 3.57. The summed E-state index contributed by atoms with van der Waals surface area (Å²) < 4.78 is 11.2. The van der Waals surface area contributed by atoms with Crippen LogP contribution in [0.2, 0.25) is 0 Å². The van der Waals surface area contributed by atoms with Gasteiger partial charge >= 0.3 is 0 Å². The van der Waals surface area contributed by atoms with Crippen LogP contribution in [0.5, 0.6) is 5.75 Å². The van der Waals surface area contributed by atoms with Crippen molar-refractivity contribution in [2.24, 2.45) is 0 Å². The van der Waals surface area contributed by atoms with Crippen molar-refractivity contribution in [3.8, 4) is 5.75 Å². The molecule has 3 aromatic rings. The van der Waals surface area contributed by atoms with Gasteiger partial charge in [0.1, 0.15) is 11.3 Å². The van der Waals surface area contributed by atoms with Crippen LogP contribution in [0.4, 0.5) is 0 Å². The number of carbonyl (C=O) groups excluding carboxylic acids is 1. The molecule has 0 radical (unpaired) electrons. The van der Waals surface area contributed by atoms with Gasteiger partial charge in [0, 0.05) is 0 Å². The predicted octanol–water partition coefficient (Wildman–Crippen LogP) is 3.33. The van der Waals surface area contributed by atoms with E-state index < -0.39 is 6.04 Å². The third kappa shape index (κ3) is 2.48. The smallest absolute Gasteiger partial charge is 0.288 e. The van der Waals surface area contributed by atoms with Crippen molar-refractivity contribution in [2.75, 3.05) is 6.61 Å². The number of hydrogen-bond donors (Lipinski definition) is 1. The van der Waals surface area contributed by atoms with Crippen LogP contribution in [0.3, 0.4) is 0 Å². The maximum Gasteiger partial charge on any atom is 0.288 e. The number of fused-ring (bicyclic) bond motifs is 2. The van der Waals surface area contributed by atoms with E-state index in [9.17, 15) is 9.59 Å². The summed E-state index contributed by atoms with van der Waals surface area (Å²) in [7, 11) is 0. The van der Waals surface area contributed by atoms with Crippen LogP contribution in [0.1, 0.15) is 40.2 Å². The number of nitrogens with one attached hydrogen (secondary N) is 1. The van der Waals surface area contributed by atoms with Gasteiger partial charge in [-0.05, 0) is 43.7 Å². The van der Waals surface area contributed by atoms with Gasteiger partial charge in [0.15, 0.2) is 5.43 Å². The minimum atomic E-state index is -0.515. The molecule has 25 heavy (non-hydrogen) atoms. The third-order valence-corrected chi connectivity index (χ3v) is 4.38. The van der Waals surface area contributed by atoms with Gasteiger partial charge in [-0.3, -0.25) is 9.59 Å². The molecule has 1 amide bonds. The highest BCUT2D eigenvalue weighted by atomic mass is 16.5.